The maximum atomic E-state index is 5.86. The van der Waals surface area contributed by atoms with Crippen molar-refractivity contribution in [3.05, 3.63) is 95.2 Å². The van der Waals surface area contributed by atoms with Gasteiger partial charge in [-0.2, -0.15) is 0 Å². The molecule has 0 spiro atoms. The summed E-state index contributed by atoms with van der Waals surface area (Å²) in [6, 6.07) is 24.1. The number of aromatic nitrogens is 2. The third-order valence-corrected chi connectivity index (χ3v) is 5.22. The number of nitrogens with one attached hydrogen (secondary N) is 2. The van der Waals surface area contributed by atoms with Gasteiger partial charge in [-0.05, 0) is 79.2 Å². The lowest BCUT2D eigenvalue weighted by Crippen LogP contribution is -1.91. The van der Waals surface area contributed by atoms with Gasteiger partial charge >= 0.3 is 0 Å². The quantitative estimate of drug-likeness (QED) is 0.330. The lowest BCUT2D eigenvalue weighted by molar-refractivity contribution is 0.482. The van der Waals surface area contributed by atoms with Crippen molar-refractivity contribution in [2.45, 2.75) is 20.3 Å². The number of allylic oxidation sites excluding steroid dienone is 1. The van der Waals surface area contributed by atoms with Gasteiger partial charge in [-0.3, -0.25) is 0 Å². The summed E-state index contributed by atoms with van der Waals surface area (Å²) in [6.07, 6.45) is 0.746. The molecule has 0 bridgehead atoms. The van der Waals surface area contributed by atoms with Gasteiger partial charge in [0.1, 0.15) is 17.3 Å². The van der Waals surface area contributed by atoms with Crippen LogP contribution in [0, 0.1) is 0 Å². The molecule has 1 aromatic heterocycles. The van der Waals surface area contributed by atoms with Crippen LogP contribution in [0.25, 0.3) is 11.0 Å². The average molecular weight is 402 g/mol. The fraction of sp³-hybridized carbons (Fsp3) is 0.125. The normalized spacial score (nSPS) is 10.7. The third kappa shape index (κ3) is 5.21. The van der Waals surface area contributed by atoms with Crippen molar-refractivity contribution in [2.24, 2.45) is 0 Å². The lowest BCUT2D eigenvalue weighted by Gasteiger charge is -2.06. The van der Waals surface area contributed by atoms with Gasteiger partial charge in [0.25, 0.3) is 0 Å². The highest BCUT2D eigenvalue weighted by atomic mass is 32.2. The maximum Gasteiger partial charge on any atom is 0.127 e. The van der Waals surface area contributed by atoms with Crippen LogP contribution in [0.5, 0.6) is 11.5 Å². The predicted octanol–water partition coefficient (Wildman–Crippen LogP) is 6.93. The van der Waals surface area contributed by atoms with Crippen molar-refractivity contribution in [2.75, 3.05) is 4.72 Å². The number of H-pyrrole nitrogens is 1. The van der Waals surface area contributed by atoms with Gasteiger partial charge in [-0.1, -0.05) is 35.9 Å². The first-order chi connectivity index (χ1) is 14.2. The Balaban J connectivity index is 1.42. The number of ether oxygens (including phenoxy) is 1. The van der Waals surface area contributed by atoms with Crippen molar-refractivity contribution in [1.29, 1.82) is 0 Å². The number of hydrogen-bond acceptors (Lipinski definition) is 4. The maximum absolute atomic E-state index is 5.86. The summed E-state index contributed by atoms with van der Waals surface area (Å²) in [5, 5.41) is 2.09. The molecule has 0 unspecified atom stereocenters. The van der Waals surface area contributed by atoms with Crippen LogP contribution in [0.15, 0.2) is 83.8 Å². The van der Waals surface area contributed by atoms with Crippen LogP contribution in [0.3, 0.4) is 0 Å². The largest absolute Gasteiger partial charge is 0.457 e. The van der Waals surface area contributed by atoms with Gasteiger partial charge in [-0.25, -0.2) is 4.98 Å². The Morgan fingerprint density at radius 1 is 1.00 bits per heavy atom. The number of nitrogens with zero attached hydrogens (tertiary/aromatic N) is 1. The molecule has 0 aliphatic heterocycles. The summed E-state index contributed by atoms with van der Waals surface area (Å²) in [4.78, 5) is 8.15. The van der Waals surface area contributed by atoms with Crippen LogP contribution in [0.2, 0.25) is 0 Å². The Morgan fingerprint density at radius 2 is 1.76 bits per heavy atom. The highest BCUT2D eigenvalue weighted by Gasteiger charge is 2.06. The summed E-state index contributed by atoms with van der Waals surface area (Å²) >= 11 is 1.58. The van der Waals surface area contributed by atoms with E-state index in [4.69, 9.17) is 9.72 Å². The highest BCUT2D eigenvalue weighted by Crippen LogP contribution is 2.23. The Hall–Kier alpha value is -3.18. The summed E-state index contributed by atoms with van der Waals surface area (Å²) in [5.74, 6) is 2.62. The molecule has 0 atom stereocenters. The third-order valence-electron chi connectivity index (χ3n) is 4.28. The van der Waals surface area contributed by atoms with Crippen LogP contribution in [0.1, 0.15) is 25.2 Å². The number of rotatable bonds is 7. The molecule has 0 saturated carbocycles. The fourth-order valence-corrected chi connectivity index (χ4v) is 3.48. The van der Waals surface area contributed by atoms with Gasteiger partial charge < -0.3 is 14.4 Å². The molecule has 0 radical (unpaired) electrons. The molecule has 2 N–H and O–H groups in total. The molecule has 1 heterocycles. The minimum Gasteiger partial charge on any atom is -0.457 e. The molecule has 4 aromatic rings. The zero-order valence-corrected chi connectivity index (χ0v) is 17.3. The Labute approximate surface area is 175 Å². The highest BCUT2D eigenvalue weighted by molar-refractivity contribution is 8.03. The van der Waals surface area contributed by atoms with E-state index >= 15 is 0 Å². The molecule has 0 fully saturated rings. The van der Waals surface area contributed by atoms with E-state index in [0.29, 0.717) is 0 Å². The van der Waals surface area contributed by atoms with Crippen LogP contribution in [0.4, 0.5) is 5.69 Å². The summed E-state index contributed by atoms with van der Waals surface area (Å²) in [5.41, 5.74) is 5.51. The molecular weight excluding hydrogens is 378 g/mol. The number of hydrogen-bond donors (Lipinski definition) is 2. The van der Waals surface area contributed by atoms with Gasteiger partial charge in [0.05, 0.1) is 11.0 Å². The minimum atomic E-state index is 0.746. The van der Waals surface area contributed by atoms with Gasteiger partial charge in [-0.15, -0.1) is 0 Å². The number of aromatic amines is 1. The number of anilines is 1. The minimum absolute atomic E-state index is 0.746. The second kappa shape index (κ2) is 8.88. The second-order valence-electron chi connectivity index (χ2n) is 7.07. The topological polar surface area (TPSA) is 49.9 Å². The molecule has 0 aliphatic carbocycles. The molecule has 4 nitrogen and oxygen atoms in total. The van der Waals surface area contributed by atoms with E-state index in [2.05, 4.69) is 53.2 Å². The predicted molar refractivity (Wildman–Crippen MR) is 123 cm³/mol. The zero-order valence-electron chi connectivity index (χ0n) is 16.5. The molecular formula is C24H23N3OS. The Morgan fingerprint density at radius 3 is 2.52 bits per heavy atom. The summed E-state index contributed by atoms with van der Waals surface area (Å²) < 4.78 is 9.19. The van der Waals surface area contributed by atoms with E-state index in [1.165, 1.54) is 11.1 Å². The first kappa shape index (κ1) is 19.2. The second-order valence-corrected chi connectivity index (χ2v) is 7.74. The van der Waals surface area contributed by atoms with Crippen LogP contribution in [-0.4, -0.2) is 9.97 Å². The molecule has 146 valence electrons. The first-order valence-electron chi connectivity index (χ1n) is 9.51. The monoisotopic (exact) mass is 401 g/mol. The van der Waals surface area contributed by atoms with Crippen molar-refractivity contribution < 1.29 is 4.74 Å². The smallest absolute Gasteiger partial charge is 0.127 e. The van der Waals surface area contributed by atoms with Gasteiger partial charge in [0.15, 0.2) is 0 Å². The van der Waals surface area contributed by atoms with Crippen LogP contribution in [-0.2, 0) is 6.42 Å². The van der Waals surface area contributed by atoms with E-state index in [1.807, 2.05) is 48.5 Å². The Bertz CT molecular complexity index is 1110. The van der Waals surface area contributed by atoms with Crippen molar-refractivity contribution >= 4 is 28.7 Å². The number of imidazole rings is 1. The van der Waals surface area contributed by atoms with Gasteiger partial charge in [0, 0.05) is 12.1 Å². The first-order valence-corrected chi connectivity index (χ1v) is 10.4. The molecule has 4 rings (SSSR count). The SMILES string of the molecule is CC(C)=CSNc1ccc2nc(Cc3ccc(Oc4ccccc4)cc3)[nH]c2c1. The molecule has 5 heteroatoms. The van der Waals surface area contributed by atoms with E-state index in [-0.39, 0.29) is 0 Å². The fourth-order valence-electron chi connectivity index (χ4n) is 2.92. The van der Waals surface area contributed by atoms with Crippen molar-refractivity contribution in [1.82, 2.24) is 9.97 Å². The van der Waals surface area contributed by atoms with Gasteiger partial charge in [0.2, 0.25) is 0 Å². The molecule has 29 heavy (non-hydrogen) atoms. The van der Waals surface area contributed by atoms with Crippen LogP contribution >= 0.6 is 11.9 Å². The lowest BCUT2D eigenvalue weighted by atomic mass is 10.1. The van der Waals surface area contributed by atoms with E-state index in [0.717, 1.165) is 40.5 Å². The molecule has 0 amide bonds. The molecule has 0 saturated heterocycles. The standard InChI is InChI=1S/C24H23N3OS/c1-17(2)16-29-27-19-10-13-22-23(15-19)26-24(25-22)14-18-8-11-21(12-9-18)28-20-6-4-3-5-7-20/h3-13,15-16,27H,14H2,1-2H3,(H,25,26). The van der Waals surface area contributed by atoms with Crippen molar-refractivity contribution in [3.63, 3.8) is 0 Å². The summed E-state index contributed by atoms with van der Waals surface area (Å²) in [6.45, 7) is 4.17. The summed E-state index contributed by atoms with van der Waals surface area (Å²) in [7, 11) is 0. The molecule has 0 aliphatic rings. The van der Waals surface area contributed by atoms with E-state index in [1.54, 1.807) is 11.9 Å². The van der Waals surface area contributed by atoms with E-state index in [9.17, 15) is 0 Å². The Kier molecular flexibility index (Phi) is 5.86. The van der Waals surface area contributed by atoms with Crippen molar-refractivity contribution in [3.8, 4) is 11.5 Å². The average Bonchev–Trinajstić information content (AvgIpc) is 3.11. The van der Waals surface area contributed by atoms with E-state index < -0.39 is 0 Å². The molecule has 3 aromatic carbocycles. The number of fused-ring (bicyclic) bond motifs is 1. The number of para-hydroxylation sites is 1. The number of benzene rings is 3. The zero-order chi connectivity index (χ0) is 20.1. The van der Waals surface area contributed by atoms with Crippen LogP contribution < -0.4 is 9.46 Å².